The number of benzene rings is 4. The van der Waals surface area contributed by atoms with Gasteiger partial charge in [-0.1, -0.05) is 30.3 Å². The predicted octanol–water partition coefficient (Wildman–Crippen LogP) is 2.27. The quantitative estimate of drug-likeness (QED) is 0.157. The molecule has 4 aromatic carbocycles. The first-order valence-electron chi connectivity index (χ1n) is 12.2. The summed E-state index contributed by atoms with van der Waals surface area (Å²) >= 11 is 0. The van der Waals surface area contributed by atoms with Crippen molar-refractivity contribution >= 4 is 35.2 Å². The van der Waals surface area contributed by atoms with Crippen molar-refractivity contribution in [2.45, 2.75) is 0 Å². The fraction of sp³-hybridized carbons (Fsp3) is 0.156. The molecule has 5 nitrogen and oxygen atoms in total. The minimum absolute atomic E-state index is 0. The summed E-state index contributed by atoms with van der Waals surface area (Å²) in [5.41, 5.74) is 1.53. The average Bonchev–Trinajstić information content (AvgIpc) is 2.99. The van der Waals surface area contributed by atoms with Crippen LogP contribution in [0, 0.1) is 0 Å². The molecule has 7 heteroatoms. The first-order chi connectivity index (χ1) is 18.5. The van der Waals surface area contributed by atoms with Gasteiger partial charge < -0.3 is 35.9 Å². The molecular formula is C32H32BrO5P. The molecule has 39 heavy (non-hydrogen) atoms. The summed E-state index contributed by atoms with van der Waals surface area (Å²) in [5, 5.41) is 3.32. The van der Waals surface area contributed by atoms with Gasteiger partial charge in [-0.3, -0.25) is 0 Å². The molecule has 0 fully saturated rings. The van der Waals surface area contributed by atoms with E-state index in [-0.39, 0.29) is 23.0 Å². The van der Waals surface area contributed by atoms with E-state index in [1.807, 2.05) is 72.8 Å². The Kier molecular flexibility index (Phi) is 10.7. The van der Waals surface area contributed by atoms with Crippen molar-refractivity contribution in [3.05, 3.63) is 114 Å². The average molecular weight is 607 g/mol. The summed E-state index contributed by atoms with van der Waals surface area (Å²) in [7, 11) is 3.95. The van der Waals surface area contributed by atoms with Gasteiger partial charge >= 0.3 is 5.97 Å². The molecule has 0 bridgehead atoms. The molecule has 0 heterocycles. The van der Waals surface area contributed by atoms with Crippen LogP contribution in [0.4, 0.5) is 0 Å². The molecule has 0 aromatic heterocycles. The van der Waals surface area contributed by atoms with Gasteiger partial charge in [0.05, 0.1) is 34.0 Å². The van der Waals surface area contributed by atoms with E-state index in [0.717, 1.165) is 38.7 Å². The third-order valence-electron chi connectivity index (χ3n) is 6.54. The zero-order chi connectivity index (χ0) is 27.0. The van der Waals surface area contributed by atoms with Crippen molar-refractivity contribution in [1.29, 1.82) is 0 Å². The van der Waals surface area contributed by atoms with E-state index in [9.17, 15) is 4.79 Å². The van der Waals surface area contributed by atoms with Gasteiger partial charge in [-0.2, -0.15) is 0 Å². The van der Waals surface area contributed by atoms with Gasteiger partial charge in [0.15, 0.2) is 0 Å². The summed E-state index contributed by atoms with van der Waals surface area (Å²) in [5.74, 6) is 1.95. The smallest absolute Gasteiger partial charge is 0.337 e. The molecule has 0 radical (unpaired) electrons. The minimum atomic E-state index is -2.44. The number of carbonyl (C=O) groups excluding carboxylic acids is 1. The van der Waals surface area contributed by atoms with E-state index in [1.54, 1.807) is 21.3 Å². The lowest BCUT2D eigenvalue weighted by Crippen LogP contribution is -3.00. The zero-order valence-corrected chi connectivity index (χ0v) is 24.9. The third-order valence-corrected chi connectivity index (χ3v) is 10.9. The van der Waals surface area contributed by atoms with Crippen LogP contribution >= 0.6 is 7.26 Å². The van der Waals surface area contributed by atoms with Crippen molar-refractivity contribution < 1.29 is 40.7 Å². The van der Waals surface area contributed by atoms with Crippen LogP contribution in [0.5, 0.6) is 17.2 Å². The van der Waals surface area contributed by atoms with Gasteiger partial charge in [-0.15, -0.1) is 0 Å². The number of rotatable bonds is 10. The molecule has 0 aliphatic rings. The zero-order valence-electron chi connectivity index (χ0n) is 22.5. The monoisotopic (exact) mass is 606 g/mol. The Hall–Kier alpha value is -3.60. The molecule has 0 amide bonds. The Bertz CT molecular complexity index is 1250. The molecule has 0 atom stereocenters. The van der Waals surface area contributed by atoms with E-state index < -0.39 is 7.26 Å². The number of ether oxygens (including phenoxy) is 4. The van der Waals surface area contributed by atoms with Gasteiger partial charge in [0.2, 0.25) is 0 Å². The molecule has 0 saturated carbocycles. The third kappa shape index (κ3) is 6.70. The second kappa shape index (κ2) is 14.0. The van der Waals surface area contributed by atoms with Gasteiger partial charge in [-0.25, -0.2) is 4.79 Å². The van der Waals surface area contributed by atoms with Crippen LogP contribution in [-0.2, 0) is 9.53 Å². The Balaban J connectivity index is 0.00000420. The number of esters is 1. The normalized spacial score (nSPS) is 11.2. The summed E-state index contributed by atoms with van der Waals surface area (Å²) in [6.07, 6.45) is 2.39. The molecule has 4 aromatic rings. The molecular weight excluding hydrogens is 575 g/mol. The van der Waals surface area contributed by atoms with Crippen molar-refractivity contribution in [3.8, 4) is 17.2 Å². The number of hydrogen-bond donors (Lipinski definition) is 0. The highest BCUT2D eigenvalue weighted by Crippen LogP contribution is 2.57. The van der Waals surface area contributed by atoms with Crippen LogP contribution in [0.1, 0.15) is 5.56 Å². The van der Waals surface area contributed by atoms with E-state index in [4.69, 9.17) is 18.9 Å². The topological polar surface area (TPSA) is 54.0 Å². The fourth-order valence-corrected chi connectivity index (χ4v) is 8.69. The predicted molar refractivity (Wildman–Crippen MR) is 156 cm³/mol. The highest BCUT2D eigenvalue weighted by molar-refractivity contribution is 7.95. The fourth-order valence-electron chi connectivity index (χ4n) is 4.54. The standard InChI is InChI=1S/C32H32O5P.BrH/c1-34-26-10-16-29(17-11-26)38(30-18-12-27(35-2)13-19-30,31-20-14-28(36-3)15-21-31)23-25(32(33)37-4)22-24-8-6-5-7-9-24;/h5-22H,23H2,1-4H3;1H/q+1;/p-1/b25-22+;. The first kappa shape index (κ1) is 29.9. The Labute approximate surface area is 241 Å². The van der Waals surface area contributed by atoms with Crippen molar-refractivity contribution in [3.63, 3.8) is 0 Å². The first-order valence-corrected chi connectivity index (χ1v) is 14.2. The van der Waals surface area contributed by atoms with E-state index in [2.05, 4.69) is 36.4 Å². The molecule has 0 aliphatic carbocycles. The van der Waals surface area contributed by atoms with Crippen LogP contribution in [0.2, 0.25) is 0 Å². The Morgan fingerprint density at radius 3 is 1.33 bits per heavy atom. The Morgan fingerprint density at radius 1 is 0.615 bits per heavy atom. The van der Waals surface area contributed by atoms with Gasteiger partial charge in [-0.05, 0) is 84.4 Å². The van der Waals surface area contributed by atoms with Crippen LogP contribution in [0.15, 0.2) is 109 Å². The van der Waals surface area contributed by atoms with Crippen molar-refractivity contribution in [2.24, 2.45) is 0 Å². The van der Waals surface area contributed by atoms with E-state index in [0.29, 0.717) is 11.7 Å². The molecule has 0 saturated heterocycles. The SMILES string of the molecule is COC(=O)/C(=C/c1ccccc1)C[P+](c1ccc(OC)cc1)(c1ccc(OC)cc1)c1ccc(OC)cc1.[Br-]. The lowest BCUT2D eigenvalue weighted by atomic mass is 10.1. The second-order valence-corrected chi connectivity index (χ2v) is 12.1. The Morgan fingerprint density at radius 2 is 1.00 bits per heavy atom. The van der Waals surface area contributed by atoms with Crippen LogP contribution in [0.25, 0.3) is 6.08 Å². The van der Waals surface area contributed by atoms with Gasteiger partial charge in [0.25, 0.3) is 0 Å². The highest BCUT2D eigenvalue weighted by atomic mass is 79.9. The molecule has 0 N–H and O–H groups in total. The lowest BCUT2D eigenvalue weighted by molar-refractivity contribution is -0.135. The second-order valence-electron chi connectivity index (χ2n) is 8.63. The van der Waals surface area contributed by atoms with Gasteiger partial charge in [0.1, 0.15) is 46.6 Å². The molecule has 202 valence electrons. The van der Waals surface area contributed by atoms with Gasteiger partial charge in [0, 0.05) is 0 Å². The number of methoxy groups -OCH3 is 4. The summed E-state index contributed by atoms with van der Waals surface area (Å²) < 4.78 is 21.7. The molecule has 0 unspecified atom stereocenters. The molecule has 4 rings (SSSR count). The lowest BCUT2D eigenvalue weighted by Gasteiger charge is -2.28. The number of hydrogen-bond acceptors (Lipinski definition) is 5. The maximum Gasteiger partial charge on any atom is 0.337 e. The van der Waals surface area contributed by atoms with E-state index >= 15 is 0 Å². The van der Waals surface area contributed by atoms with Crippen LogP contribution in [0.3, 0.4) is 0 Å². The highest BCUT2D eigenvalue weighted by Gasteiger charge is 2.47. The number of halogens is 1. The molecule has 0 aliphatic heterocycles. The summed E-state index contributed by atoms with van der Waals surface area (Å²) in [4.78, 5) is 13.3. The van der Waals surface area contributed by atoms with Crippen molar-refractivity contribution in [2.75, 3.05) is 34.6 Å². The molecule has 0 spiro atoms. The largest absolute Gasteiger partial charge is 1.00 e. The van der Waals surface area contributed by atoms with Crippen molar-refractivity contribution in [1.82, 2.24) is 0 Å². The maximum absolute atomic E-state index is 13.3. The maximum atomic E-state index is 13.3. The van der Waals surface area contributed by atoms with Crippen LogP contribution < -0.4 is 47.1 Å². The minimum Gasteiger partial charge on any atom is -1.00 e. The summed E-state index contributed by atoms with van der Waals surface area (Å²) in [6, 6.07) is 34.2. The van der Waals surface area contributed by atoms with Crippen LogP contribution in [-0.4, -0.2) is 40.6 Å². The number of carbonyl (C=O) groups is 1. The van der Waals surface area contributed by atoms with E-state index in [1.165, 1.54) is 7.11 Å². The summed E-state index contributed by atoms with van der Waals surface area (Å²) in [6.45, 7) is 0.